The van der Waals surface area contributed by atoms with Crippen molar-refractivity contribution in [1.82, 2.24) is 0 Å². The maximum Gasteiger partial charge on any atom is 0.351 e. The Morgan fingerprint density at radius 2 is 1.33 bits per heavy atom. The normalized spacial score (nSPS) is 7.42. The second-order valence-electron chi connectivity index (χ2n) is 1.92. The molecule has 68 valence electrons. The molecule has 0 aliphatic carbocycles. The molecule has 0 bridgehead atoms. The van der Waals surface area contributed by atoms with Crippen molar-refractivity contribution in [2.45, 2.75) is 6.92 Å². The van der Waals surface area contributed by atoms with Crippen molar-refractivity contribution in [2.75, 3.05) is 0 Å². The summed E-state index contributed by atoms with van der Waals surface area (Å²) in [5.41, 5.74) is 4.49. The first-order valence-electron chi connectivity index (χ1n) is 2.85. The van der Waals surface area contributed by atoms with Crippen molar-refractivity contribution in [1.29, 1.82) is 0 Å². The zero-order valence-corrected chi connectivity index (χ0v) is 6.70. The molecule has 0 radical (unpaired) electrons. The summed E-state index contributed by atoms with van der Waals surface area (Å²) in [6.07, 6.45) is 0. The van der Waals surface area contributed by atoms with E-state index in [0.29, 0.717) is 0 Å². The van der Waals surface area contributed by atoms with E-state index in [1.165, 1.54) is 6.92 Å². The predicted molar refractivity (Wildman–Crippen MR) is 43.4 cm³/mol. The fourth-order valence-corrected chi connectivity index (χ4v) is 0. The minimum Gasteiger partial charge on any atom is -0.478 e. The summed E-state index contributed by atoms with van der Waals surface area (Å²) >= 11 is 0. The summed E-state index contributed by atoms with van der Waals surface area (Å²) in [6.45, 7) is 7.53. The molecular weight excluding hydrogens is 162 g/mol. The van der Waals surface area contributed by atoms with Gasteiger partial charge in [-0.25, -0.2) is 9.59 Å². The number of hydrogen-bond donors (Lipinski definition) is 3. The van der Waals surface area contributed by atoms with E-state index < -0.39 is 11.9 Å². The monoisotopic (exact) mass is 173 g/mol. The van der Waals surface area contributed by atoms with Crippen LogP contribution in [0.4, 0.5) is 0 Å². The standard InChI is InChI=1S/C4H6O2.C3H5NO2/c1-3(2)4(5)6;1-2(4)3(5)6/h1H2,2H3,(H,5,6);1,4H2,(H,5,6). The summed E-state index contributed by atoms with van der Waals surface area (Å²) in [7, 11) is 0. The smallest absolute Gasteiger partial charge is 0.351 e. The molecule has 0 heterocycles. The summed E-state index contributed by atoms with van der Waals surface area (Å²) in [4.78, 5) is 19.1. The highest BCUT2D eigenvalue weighted by molar-refractivity contribution is 5.85. The zero-order chi connectivity index (χ0) is 10.3. The molecule has 0 aromatic heterocycles. The largest absolute Gasteiger partial charge is 0.478 e. The average Bonchev–Trinajstić information content (AvgIpc) is 1.88. The van der Waals surface area contributed by atoms with Crippen LogP contribution >= 0.6 is 0 Å². The topological polar surface area (TPSA) is 101 Å². The van der Waals surface area contributed by atoms with Crippen LogP contribution in [0.1, 0.15) is 6.92 Å². The zero-order valence-electron chi connectivity index (χ0n) is 6.70. The van der Waals surface area contributed by atoms with Gasteiger partial charge in [-0.3, -0.25) is 0 Å². The molecule has 0 aliphatic heterocycles. The molecule has 0 fully saturated rings. The predicted octanol–water partition coefficient (Wildman–Crippen LogP) is 0.190. The Hall–Kier alpha value is -1.78. The van der Waals surface area contributed by atoms with Gasteiger partial charge in [0.05, 0.1) is 0 Å². The molecule has 0 aromatic carbocycles. The summed E-state index contributed by atoms with van der Waals surface area (Å²) < 4.78 is 0. The van der Waals surface area contributed by atoms with Gasteiger partial charge in [-0.05, 0) is 6.92 Å². The van der Waals surface area contributed by atoms with E-state index >= 15 is 0 Å². The van der Waals surface area contributed by atoms with E-state index in [1.54, 1.807) is 0 Å². The maximum atomic E-state index is 9.60. The Morgan fingerprint density at radius 3 is 1.33 bits per heavy atom. The molecule has 0 aromatic rings. The third-order valence-corrected chi connectivity index (χ3v) is 0.640. The second kappa shape index (κ2) is 5.96. The minimum atomic E-state index is -1.16. The molecule has 0 saturated heterocycles. The first kappa shape index (κ1) is 12.9. The number of carboxylic acid groups (broad SMARTS) is 2. The molecule has 0 amide bonds. The summed E-state index contributed by atoms with van der Waals surface area (Å²) in [5.74, 6) is -2.09. The van der Waals surface area contributed by atoms with Gasteiger partial charge in [-0.1, -0.05) is 13.2 Å². The van der Waals surface area contributed by atoms with Crippen molar-refractivity contribution >= 4 is 11.9 Å². The van der Waals surface area contributed by atoms with Gasteiger partial charge in [-0.2, -0.15) is 0 Å². The number of carboxylic acids is 2. The highest BCUT2D eigenvalue weighted by Gasteiger charge is 1.91. The van der Waals surface area contributed by atoms with Crippen LogP contribution in [0.15, 0.2) is 24.4 Å². The molecule has 0 rings (SSSR count). The van der Waals surface area contributed by atoms with Gasteiger partial charge in [0.25, 0.3) is 0 Å². The van der Waals surface area contributed by atoms with Gasteiger partial charge in [0, 0.05) is 5.57 Å². The molecule has 5 heteroatoms. The number of hydrogen-bond acceptors (Lipinski definition) is 3. The van der Waals surface area contributed by atoms with E-state index in [-0.39, 0.29) is 11.3 Å². The Labute approximate surface area is 69.8 Å². The average molecular weight is 173 g/mol. The lowest BCUT2D eigenvalue weighted by Gasteiger charge is -1.81. The lowest BCUT2D eigenvalue weighted by Crippen LogP contribution is -2.06. The lowest BCUT2D eigenvalue weighted by molar-refractivity contribution is -0.133. The van der Waals surface area contributed by atoms with Crippen molar-refractivity contribution in [2.24, 2.45) is 5.73 Å². The van der Waals surface area contributed by atoms with Crippen molar-refractivity contribution in [3.05, 3.63) is 24.4 Å². The van der Waals surface area contributed by atoms with E-state index in [0.717, 1.165) is 0 Å². The van der Waals surface area contributed by atoms with Crippen molar-refractivity contribution < 1.29 is 19.8 Å². The molecule has 0 unspecified atom stereocenters. The van der Waals surface area contributed by atoms with Crippen LogP contribution in [-0.2, 0) is 9.59 Å². The number of carbonyl (C=O) groups is 2. The third kappa shape index (κ3) is 11.1. The van der Waals surface area contributed by atoms with Crippen LogP contribution in [0.2, 0.25) is 0 Å². The van der Waals surface area contributed by atoms with E-state index in [4.69, 9.17) is 10.2 Å². The first-order valence-corrected chi connectivity index (χ1v) is 2.85. The molecule has 0 atom stereocenters. The molecule has 4 N–H and O–H groups in total. The van der Waals surface area contributed by atoms with Gasteiger partial charge < -0.3 is 15.9 Å². The van der Waals surface area contributed by atoms with Gasteiger partial charge >= 0.3 is 11.9 Å². The van der Waals surface area contributed by atoms with Gasteiger partial charge in [-0.15, -0.1) is 0 Å². The number of rotatable bonds is 2. The lowest BCUT2D eigenvalue weighted by atomic mass is 10.4. The van der Waals surface area contributed by atoms with Crippen LogP contribution in [0.25, 0.3) is 0 Å². The fourth-order valence-electron chi connectivity index (χ4n) is 0. The number of nitrogens with two attached hydrogens (primary N) is 1. The number of aliphatic carboxylic acids is 2. The van der Waals surface area contributed by atoms with Crippen LogP contribution in [0.5, 0.6) is 0 Å². The SMILES string of the molecule is C=C(C)C(=O)O.C=C(N)C(=O)O. The van der Waals surface area contributed by atoms with E-state index in [9.17, 15) is 9.59 Å². The summed E-state index contributed by atoms with van der Waals surface area (Å²) in [5, 5.41) is 15.7. The Kier molecular flexibility index (Phi) is 6.39. The Balaban J connectivity index is 0. The van der Waals surface area contributed by atoms with Crippen molar-refractivity contribution in [3.8, 4) is 0 Å². The first-order chi connectivity index (χ1) is 5.29. The molecule has 12 heavy (non-hydrogen) atoms. The molecular formula is C7H11NO4. The molecule has 0 spiro atoms. The van der Waals surface area contributed by atoms with Crippen molar-refractivity contribution in [3.63, 3.8) is 0 Å². The maximum absolute atomic E-state index is 9.60. The van der Waals surface area contributed by atoms with Crippen LogP contribution < -0.4 is 5.73 Å². The fraction of sp³-hybridized carbons (Fsp3) is 0.143. The Morgan fingerprint density at radius 1 is 1.17 bits per heavy atom. The molecule has 0 saturated carbocycles. The third-order valence-electron chi connectivity index (χ3n) is 0.640. The summed E-state index contributed by atoms with van der Waals surface area (Å²) in [6, 6.07) is 0. The highest BCUT2D eigenvalue weighted by atomic mass is 16.4. The molecule has 0 aliphatic rings. The van der Waals surface area contributed by atoms with E-state index in [2.05, 4.69) is 18.9 Å². The van der Waals surface area contributed by atoms with Gasteiger partial charge in [0.1, 0.15) is 5.70 Å². The van der Waals surface area contributed by atoms with E-state index in [1.807, 2.05) is 0 Å². The minimum absolute atomic E-state index is 0.176. The highest BCUT2D eigenvalue weighted by Crippen LogP contribution is 1.81. The quantitative estimate of drug-likeness (QED) is 0.517. The van der Waals surface area contributed by atoms with Gasteiger partial charge in [0.2, 0.25) is 0 Å². The van der Waals surface area contributed by atoms with Crippen LogP contribution in [0.3, 0.4) is 0 Å². The van der Waals surface area contributed by atoms with Crippen LogP contribution in [0, 0.1) is 0 Å². The Bertz CT molecular complexity index is 171. The van der Waals surface area contributed by atoms with Crippen LogP contribution in [-0.4, -0.2) is 22.2 Å². The molecule has 5 nitrogen and oxygen atoms in total. The second-order valence-corrected chi connectivity index (χ2v) is 1.92. The van der Waals surface area contributed by atoms with Gasteiger partial charge in [0.15, 0.2) is 0 Å².